The molecule has 0 unspecified atom stereocenters. The van der Waals surface area contributed by atoms with Gasteiger partial charge < -0.3 is 10.6 Å². The second-order valence-corrected chi connectivity index (χ2v) is 4.64. The van der Waals surface area contributed by atoms with Crippen molar-refractivity contribution in [2.75, 3.05) is 0 Å². The molecule has 1 rings (SSSR count). The summed E-state index contributed by atoms with van der Waals surface area (Å²) >= 11 is 0. The van der Waals surface area contributed by atoms with Gasteiger partial charge in [-0.25, -0.2) is 9.18 Å². The van der Waals surface area contributed by atoms with E-state index in [0.29, 0.717) is 6.07 Å². The molecular formula is C14H18F4N2O. The van der Waals surface area contributed by atoms with Gasteiger partial charge in [-0.15, -0.1) is 0 Å². The predicted octanol–water partition coefficient (Wildman–Crippen LogP) is 3.83. The van der Waals surface area contributed by atoms with Gasteiger partial charge in [0.2, 0.25) is 0 Å². The molecule has 2 N–H and O–H groups in total. The largest absolute Gasteiger partial charge is 0.416 e. The van der Waals surface area contributed by atoms with E-state index in [-0.39, 0.29) is 18.2 Å². The van der Waals surface area contributed by atoms with E-state index in [1.807, 2.05) is 13.8 Å². The van der Waals surface area contributed by atoms with Crippen LogP contribution in [0.5, 0.6) is 0 Å². The molecule has 21 heavy (non-hydrogen) atoms. The lowest BCUT2D eigenvalue weighted by atomic mass is 10.1. The third kappa shape index (κ3) is 5.24. The van der Waals surface area contributed by atoms with Crippen LogP contribution in [0.15, 0.2) is 18.2 Å². The van der Waals surface area contributed by atoms with Crippen molar-refractivity contribution in [3.05, 3.63) is 35.1 Å². The maximum atomic E-state index is 12.9. The number of amides is 2. The molecule has 3 nitrogen and oxygen atoms in total. The Bertz CT molecular complexity index is 484. The summed E-state index contributed by atoms with van der Waals surface area (Å²) in [5, 5.41) is 5.01. The quantitative estimate of drug-likeness (QED) is 0.798. The number of alkyl halides is 3. The highest BCUT2D eigenvalue weighted by molar-refractivity contribution is 5.74. The number of carbonyl (C=O) groups is 1. The summed E-state index contributed by atoms with van der Waals surface area (Å²) in [6.45, 7) is 3.48. The molecule has 0 aliphatic rings. The normalized spacial score (nSPS) is 11.6. The fourth-order valence-electron chi connectivity index (χ4n) is 1.87. The van der Waals surface area contributed by atoms with E-state index in [1.165, 1.54) is 0 Å². The Balaban J connectivity index is 2.74. The maximum Gasteiger partial charge on any atom is 0.416 e. The average Bonchev–Trinajstić information content (AvgIpc) is 2.42. The monoisotopic (exact) mass is 306 g/mol. The van der Waals surface area contributed by atoms with Crippen molar-refractivity contribution in [2.45, 2.75) is 45.5 Å². The summed E-state index contributed by atoms with van der Waals surface area (Å²) in [7, 11) is 0. The summed E-state index contributed by atoms with van der Waals surface area (Å²) in [5.74, 6) is -0.965. The van der Waals surface area contributed by atoms with Crippen LogP contribution in [-0.4, -0.2) is 12.1 Å². The minimum absolute atomic E-state index is 0.0275. The Morgan fingerprint density at radius 3 is 2.38 bits per heavy atom. The predicted molar refractivity (Wildman–Crippen MR) is 71.1 cm³/mol. The van der Waals surface area contributed by atoms with E-state index in [4.69, 9.17) is 0 Å². The Morgan fingerprint density at radius 1 is 1.24 bits per heavy atom. The first-order valence-electron chi connectivity index (χ1n) is 6.67. The molecule has 1 aromatic rings. The molecule has 0 spiro atoms. The average molecular weight is 306 g/mol. The Morgan fingerprint density at radius 2 is 1.86 bits per heavy atom. The highest BCUT2D eigenvalue weighted by Gasteiger charge is 2.33. The van der Waals surface area contributed by atoms with Gasteiger partial charge in [0.1, 0.15) is 5.82 Å². The van der Waals surface area contributed by atoms with Crippen LogP contribution in [0, 0.1) is 5.82 Å². The third-order valence-electron chi connectivity index (χ3n) is 3.14. The van der Waals surface area contributed by atoms with Gasteiger partial charge in [-0.05, 0) is 30.5 Å². The molecule has 0 bridgehead atoms. The van der Waals surface area contributed by atoms with Crippen LogP contribution >= 0.6 is 0 Å². The van der Waals surface area contributed by atoms with Gasteiger partial charge in [0, 0.05) is 12.6 Å². The highest BCUT2D eigenvalue weighted by Crippen LogP contribution is 2.32. The zero-order valence-corrected chi connectivity index (χ0v) is 11.9. The number of rotatable bonds is 5. The van der Waals surface area contributed by atoms with Crippen LogP contribution in [0.4, 0.5) is 22.4 Å². The summed E-state index contributed by atoms with van der Waals surface area (Å²) in [5.41, 5.74) is -1.26. The van der Waals surface area contributed by atoms with E-state index >= 15 is 0 Å². The number of nitrogens with one attached hydrogen (secondary N) is 2. The van der Waals surface area contributed by atoms with Crippen molar-refractivity contribution in [3.63, 3.8) is 0 Å². The molecule has 7 heteroatoms. The number of halogens is 4. The lowest BCUT2D eigenvalue weighted by molar-refractivity contribution is -0.138. The molecule has 0 radical (unpaired) electrons. The van der Waals surface area contributed by atoms with Crippen LogP contribution in [0.25, 0.3) is 0 Å². The van der Waals surface area contributed by atoms with Crippen LogP contribution in [0.1, 0.15) is 37.8 Å². The summed E-state index contributed by atoms with van der Waals surface area (Å²) in [4.78, 5) is 11.6. The van der Waals surface area contributed by atoms with Crippen molar-refractivity contribution in [3.8, 4) is 0 Å². The molecule has 1 aromatic carbocycles. The van der Waals surface area contributed by atoms with E-state index < -0.39 is 23.6 Å². The SMILES string of the molecule is CCC(CC)NC(=O)NCc1ccc(F)cc1C(F)(F)F. The van der Waals surface area contributed by atoms with Crippen LogP contribution in [-0.2, 0) is 12.7 Å². The maximum absolute atomic E-state index is 12.9. The topological polar surface area (TPSA) is 41.1 Å². The number of hydrogen-bond acceptors (Lipinski definition) is 1. The first-order valence-corrected chi connectivity index (χ1v) is 6.67. The number of hydrogen-bond donors (Lipinski definition) is 2. The first kappa shape index (κ1) is 17.3. The molecule has 118 valence electrons. The molecule has 0 aliphatic carbocycles. The van der Waals surface area contributed by atoms with Gasteiger partial charge in [0.15, 0.2) is 0 Å². The molecule has 0 aromatic heterocycles. The molecule has 0 saturated heterocycles. The van der Waals surface area contributed by atoms with Crippen molar-refractivity contribution in [1.82, 2.24) is 10.6 Å². The van der Waals surface area contributed by atoms with Gasteiger partial charge in [-0.2, -0.15) is 13.2 Å². The van der Waals surface area contributed by atoms with Gasteiger partial charge in [-0.1, -0.05) is 19.9 Å². The Kier molecular flexibility index (Phi) is 5.99. The molecular weight excluding hydrogens is 288 g/mol. The molecule has 0 fully saturated rings. The fraction of sp³-hybridized carbons (Fsp3) is 0.500. The number of carbonyl (C=O) groups excluding carboxylic acids is 1. The Labute approximate surface area is 120 Å². The van der Waals surface area contributed by atoms with Gasteiger partial charge in [-0.3, -0.25) is 0 Å². The molecule has 0 saturated carbocycles. The molecule has 2 amide bonds. The smallest absolute Gasteiger partial charge is 0.335 e. The van der Waals surface area contributed by atoms with Crippen molar-refractivity contribution < 1.29 is 22.4 Å². The lowest BCUT2D eigenvalue weighted by Crippen LogP contribution is -2.41. The minimum Gasteiger partial charge on any atom is -0.335 e. The second kappa shape index (κ2) is 7.28. The van der Waals surface area contributed by atoms with Crippen molar-refractivity contribution in [1.29, 1.82) is 0 Å². The first-order chi connectivity index (χ1) is 9.77. The fourth-order valence-corrected chi connectivity index (χ4v) is 1.87. The lowest BCUT2D eigenvalue weighted by Gasteiger charge is -2.17. The number of urea groups is 1. The standard InChI is InChI=1S/C14H18F4N2O/c1-3-11(4-2)20-13(21)19-8-9-5-6-10(15)7-12(9)14(16,17)18/h5-7,11H,3-4,8H2,1-2H3,(H2,19,20,21). The van der Waals surface area contributed by atoms with E-state index in [1.54, 1.807) is 0 Å². The van der Waals surface area contributed by atoms with E-state index in [2.05, 4.69) is 10.6 Å². The summed E-state index contributed by atoms with van der Waals surface area (Å²) in [6.07, 6.45) is -3.20. The zero-order valence-electron chi connectivity index (χ0n) is 11.9. The number of benzene rings is 1. The Hall–Kier alpha value is -1.79. The minimum atomic E-state index is -4.66. The van der Waals surface area contributed by atoms with Crippen molar-refractivity contribution in [2.24, 2.45) is 0 Å². The van der Waals surface area contributed by atoms with Crippen molar-refractivity contribution >= 4 is 6.03 Å². The van der Waals surface area contributed by atoms with Crippen LogP contribution < -0.4 is 10.6 Å². The van der Waals surface area contributed by atoms with E-state index in [9.17, 15) is 22.4 Å². The van der Waals surface area contributed by atoms with E-state index in [0.717, 1.165) is 25.0 Å². The van der Waals surface area contributed by atoms with Gasteiger partial charge >= 0.3 is 12.2 Å². The summed E-state index contributed by atoms with van der Waals surface area (Å²) in [6, 6.07) is 1.82. The zero-order chi connectivity index (χ0) is 16.0. The third-order valence-corrected chi connectivity index (χ3v) is 3.14. The van der Waals surface area contributed by atoms with Gasteiger partial charge in [0.25, 0.3) is 0 Å². The highest BCUT2D eigenvalue weighted by atomic mass is 19.4. The summed E-state index contributed by atoms with van der Waals surface area (Å²) < 4.78 is 51.3. The van der Waals surface area contributed by atoms with Crippen LogP contribution in [0.2, 0.25) is 0 Å². The molecule has 0 atom stereocenters. The second-order valence-electron chi connectivity index (χ2n) is 4.64. The van der Waals surface area contributed by atoms with Gasteiger partial charge in [0.05, 0.1) is 5.56 Å². The molecule has 0 heterocycles. The van der Waals surface area contributed by atoms with Crippen LogP contribution in [0.3, 0.4) is 0 Å². The molecule has 0 aliphatic heterocycles.